The van der Waals surface area contributed by atoms with E-state index < -0.39 is 0 Å². The fraction of sp³-hybridized carbons (Fsp3) is 0.263. The van der Waals surface area contributed by atoms with Crippen LogP contribution < -0.4 is 10.1 Å². The summed E-state index contributed by atoms with van der Waals surface area (Å²) in [5.74, 6) is 1.63. The summed E-state index contributed by atoms with van der Waals surface area (Å²) in [6.45, 7) is 3.04. The lowest BCUT2D eigenvalue weighted by Gasteiger charge is -2.13. The van der Waals surface area contributed by atoms with Gasteiger partial charge in [-0.2, -0.15) is 0 Å². The van der Waals surface area contributed by atoms with Crippen LogP contribution >= 0.6 is 23.6 Å². The van der Waals surface area contributed by atoms with Gasteiger partial charge in [-0.25, -0.2) is 4.68 Å². The van der Waals surface area contributed by atoms with Crippen LogP contribution in [0.2, 0.25) is 0 Å². The summed E-state index contributed by atoms with van der Waals surface area (Å²) >= 11 is 6.95. The first kappa shape index (κ1) is 17.2. The molecule has 4 rings (SSSR count). The molecule has 0 aliphatic carbocycles. The first-order chi connectivity index (χ1) is 12.8. The molecule has 134 valence electrons. The van der Waals surface area contributed by atoms with E-state index in [2.05, 4.69) is 15.3 Å². The molecule has 5 nitrogen and oxygen atoms in total. The average molecular weight is 385 g/mol. The SMILES string of the molecule is S=c1sc(Nc2ccc(Oc3ccccc3)cc2)nn1CN1CCCC1. The highest BCUT2D eigenvalue weighted by Crippen LogP contribution is 2.25. The van der Waals surface area contributed by atoms with Crippen molar-refractivity contribution in [3.8, 4) is 11.5 Å². The number of hydrogen-bond donors (Lipinski definition) is 1. The fourth-order valence-corrected chi connectivity index (χ4v) is 3.93. The van der Waals surface area contributed by atoms with Crippen LogP contribution in [0, 0.1) is 3.95 Å². The summed E-state index contributed by atoms with van der Waals surface area (Å²) in [5.41, 5.74) is 0.961. The van der Waals surface area contributed by atoms with Gasteiger partial charge in [0, 0.05) is 5.69 Å². The summed E-state index contributed by atoms with van der Waals surface area (Å²) in [5, 5.41) is 8.74. The fourth-order valence-electron chi connectivity index (χ4n) is 2.91. The van der Waals surface area contributed by atoms with E-state index >= 15 is 0 Å². The summed E-state index contributed by atoms with van der Waals surface area (Å²) < 4.78 is 8.51. The van der Waals surface area contributed by atoms with Crippen LogP contribution in [0.5, 0.6) is 11.5 Å². The lowest BCUT2D eigenvalue weighted by Crippen LogP contribution is -2.23. The van der Waals surface area contributed by atoms with Crippen LogP contribution in [0.3, 0.4) is 0 Å². The minimum absolute atomic E-state index is 0.779. The second-order valence-corrected chi connectivity index (χ2v) is 7.83. The van der Waals surface area contributed by atoms with E-state index in [0.717, 1.165) is 46.0 Å². The zero-order valence-corrected chi connectivity index (χ0v) is 15.9. The number of benzene rings is 2. The molecule has 0 bridgehead atoms. The zero-order valence-electron chi connectivity index (χ0n) is 14.3. The Bertz CT molecular complexity index is 899. The minimum atomic E-state index is 0.779. The lowest BCUT2D eigenvalue weighted by atomic mass is 10.3. The third-order valence-electron chi connectivity index (χ3n) is 4.22. The van der Waals surface area contributed by atoms with E-state index in [9.17, 15) is 0 Å². The second-order valence-electron chi connectivity index (χ2n) is 6.20. The van der Waals surface area contributed by atoms with Gasteiger partial charge in [0.15, 0.2) is 3.95 Å². The first-order valence-corrected chi connectivity index (χ1v) is 9.89. The van der Waals surface area contributed by atoms with E-state index in [0.29, 0.717) is 0 Å². The van der Waals surface area contributed by atoms with Crippen molar-refractivity contribution in [2.75, 3.05) is 18.4 Å². The summed E-state index contributed by atoms with van der Waals surface area (Å²) in [6, 6.07) is 17.6. The van der Waals surface area contributed by atoms with Gasteiger partial charge in [-0.1, -0.05) is 29.5 Å². The molecule has 0 saturated carbocycles. The molecule has 1 fully saturated rings. The second kappa shape index (κ2) is 7.99. The van der Waals surface area contributed by atoms with Crippen molar-refractivity contribution >= 4 is 34.4 Å². The Labute approximate surface area is 161 Å². The van der Waals surface area contributed by atoms with E-state index in [1.165, 1.54) is 24.2 Å². The number of aromatic nitrogens is 2. The Kier molecular flexibility index (Phi) is 5.29. The van der Waals surface area contributed by atoms with Gasteiger partial charge >= 0.3 is 0 Å². The zero-order chi connectivity index (χ0) is 17.8. The number of anilines is 2. The van der Waals surface area contributed by atoms with Gasteiger partial charge < -0.3 is 10.1 Å². The van der Waals surface area contributed by atoms with Crippen molar-refractivity contribution in [2.45, 2.75) is 19.5 Å². The van der Waals surface area contributed by atoms with Crippen LogP contribution in [-0.2, 0) is 6.67 Å². The molecule has 3 aromatic rings. The molecule has 1 saturated heterocycles. The van der Waals surface area contributed by atoms with E-state index in [1.807, 2.05) is 59.3 Å². The van der Waals surface area contributed by atoms with Crippen molar-refractivity contribution in [2.24, 2.45) is 0 Å². The molecule has 0 amide bonds. The van der Waals surface area contributed by atoms with Gasteiger partial charge in [-0.15, -0.1) is 5.10 Å². The van der Waals surface area contributed by atoms with E-state index in [-0.39, 0.29) is 0 Å². The molecule has 1 aliphatic rings. The number of ether oxygens (including phenoxy) is 1. The van der Waals surface area contributed by atoms with Gasteiger partial charge in [-0.05, 0) is 74.5 Å². The maximum absolute atomic E-state index is 5.81. The highest BCUT2D eigenvalue weighted by atomic mass is 32.1. The predicted molar refractivity (Wildman–Crippen MR) is 108 cm³/mol. The molecule has 1 aromatic heterocycles. The third-order valence-corrected chi connectivity index (χ3v) is 5.45. The van der Waals surface area contributed by atoms with Crippen LogP contribution in [0.4, 0.5) is 10.8 Å². The molecule has 2 heterocycles. The number of likely N-dealkylation sites (tertiary alicyclic amines) is 1. The Balaban J connectivity index is 1.40. The van der Waals surface area contributed by atoms with E-state index in [4.69, 9.17) is 17.0 Å². The molecular formula is C19H20N4OS2. The van der Waals surface area contributed by atoms with Crippen LogP contribution in [0.25, 0.3) is 0 Å². The smallest absolute Gasteiger partial charge is 0.209 e. The monoisotopic (exact) mass is 384 g/mol. The van der Waals surface area contributed by atoms with E-state index in [1.54, 1.807) is 0 Å². The molecule has 0 spiro atoms. The van der Waals surface area contributed by atoms with Gasteiger partial charge in [0.2, 0.25) is 5.13 Å². The number of nitrogens with zero attached hydrogens (tertiary/aromatic N) is 3. The minimum Gasteiger partial charge on any atom is -0.457 e. The van der Waals surface area contributed by atoms with Crippen molar-refractivity contribution in [1.82, 2.24) is 14.7 Å². The molecule has 1 N–H and O–H groups in total. The largest absolute Gasteiger partial charge is 0.457 e. The number of nitrogens with one attached hydrogen (secondary N) is 1. The number of hydrogen-bond acceptors (Lipinski definition) is 6. The van der Waals surface area contributed by atoms with Crippen LogP contribution in [0.1, 0.15) is 12.8 Å². The molecule has 0 radical (unpaired) electrons. The Morgan fingerprint density at radius 1 is 1.00 bits per heavy atom. The van der Waals surface area contributed by atoms with Crippen molar-refractivity contribution in [1.29, 1.82) is 0 Å². The molecular weight excluding hydrogens is 364 g/mol. The number of para-hydroxylation sites is 1. The van der Waals surface area contributed by atoms with Crippen LogP contribution in [-0.4, -0.2) is 27.8 Å². The molecule has 0 atom stereocenters. The normalized spacial score (nSPS) is 14.5. The average Bonchev–Trinajstić information content (AvgIpc) is 3.28. The van der Waals surface area contributed by atoms with Gasteiger partial charge in [-0.3, -0.25) is 4.90 Å². The Morgan fingerprint density at radius 3 is 2.42 bits per heavy atom. The molecule has 26 heavy (non-hydrogen) atoms. The van der Waals surface area contributed by atoms with Crippen LogP contribution in [0.15, 0.2) is 54.6 Å². The first-order valence-electron chi connectivity index (χ1n) is 8.66. The van der Waals surface area contributed by atoms with Gasteiger partial charge in [0.05, 0.1) is 6.67 Å². The predicted octanol–water partition coefficient (Wildman–Crippen LogP) is 5.26. The molecule has 7 heteroatoms. The summed E-state index contributed by atoms with van der Waals surface area (Å²) in [7, 11) is 0. The molecule has 0 unspecified atom stereocenters. The standard InChI is InChI=1S/C19H20N4OS2/c25-19-23(14-22-12-4-5-13-22)21-18(26-19)20-15-8-10-17(11-9-15)24-16-6-2-1-3-7-16/h1-3,6-11H,4-5,12-14H2,(H,20,21). The van der Waals surface area contributed by atoms with Crippen molar-refractivity contribution < 1.29 is 4.74 Å². The topological polar surface area (TPSA) is 42.3 Å². The summed E-state index contributed by atoms with van der Waals surface area (Å²) in [4.78, 5) is 2.38. The molecule has 2 aromatic carbocycles. The Morgan fingerprint density at radius 2 is 1.69 bits per heavy atom. The highest BCUT2D eigenvalue weighted by molar-refractivity contribution is 7.73. The van der Waals surface area contributed by atoms with Crippen molar-refractivity contribution in [3.05, 3.63) is 58.6 Å². The quantitative estimate of drug-likeness (QED) is 0.587. The highest BCUT2D eigenvalue weighted by Gasteiger charge is 2.13. The van der Waals surface area contributed by atoms with Gasteiger partial charge in [0.25, 0.3) is 0 Å². The lowest BCUT2D eigenvalue weighted by molar-refractivity contribution is 0.255. The third kappa shape index (κ3) is 4.30. The Hall–Kier alpha value is -2.22. The maximum Gasteiger partial charge on any atom is 0.209 e. The maximum atomic E-state index is 5.81. The number of rotatable bonds is 6. The van der Waals surface area contributed by atoms with Crippen molar-refractivity contribution in [3.63, 3.8) is 0 Å². The molecule has 1 aliphatic heterocycles. The summed E-state index contributed by atoms with van der Waals surface area (Å²) in [6.07, 6.45) is 2.53. The van der Waals surface area contributed by atoms with Gasteiger partial charge in [0.1, 0.15) is 11.5 Å².